The third-order valence-electron chi connectivity index (χ3n) is 4.37. The summed E-state index contributed by atoms with van der Waals surface area (Å²) in [4.78, 5) is 12.5. The lowest BCUT2D eigenvalue weighted by Crippen LogP contribution is -2.37. The highest BCUT2D eigenvalue weighted by Crippen LogP contribution is 2.28. The van der Waals surface area contributed by atoms with Crippen LogP contribution in [0.3, 0.4) is 0 Å². The number of halogens is 5. The summed E-state index contributed by atoms with van der Waals surface area (Å²) in [7, 11) is -4.23. The summed E-state index contributed by atoms with van der Waals surface area (Å²) in [5.41, 5.74) is -0.146. The molecule has 0 spiro atoms. The average molecular weight is 520 g/mol. The van der Waals surface area contributed by atoms with Crippen molar-refractivity contribution >= 4 is 56.4 Å². The first-order chi connectivity index (χ1) is 15.1. The van der Waals surface area contributed by atoms with Crippen LogP contribution in [0.5, 0.6) is 0 Å². The molecule has 0 unspecified atom stereocenters. The van der Waals surface area contributed by atoms with Crippen LogP contribution in [0.15, 0.2) is 65.6 Å². The zero-order valence-corrected chi connectivity index (χ0v) is 19.2. The highest BCUT2D eigenvalue weighted by Gasteiger charge is 2.28. The predicted molar refractivity (Wildman–Crippen MR) is 120 cm³/mol. The van der Waals surface area contributed by atoms with Crippen LogP contribution < -0.4 is 5.32 Å². The summed E-state index contributed by atoms with van der Waals surface area (Å²) in [5.74, 6) is -2.54. The number of rotatable bonds is 7. The first kappa shape index (κ1) is 24.4. The molecule has 11 heteroatoms. The van der Waals surface area contributed by atoms with Crippen molar-refractivity contribution in [2.24, 2.45) is 0 Å². The van der Waals surface area contributed by atoms with Crippen molar-refractivity contribution in [1.82, 2.24) is 4.31 Å². The molecule has 0 saturated heterocycles. The number of nitrogens with one attached hydrogen (secondary N) is 1. The van der Waals surface area contributed by atoms with Crippen LogP contribution in [-0.2, 0) is 21.4 Å². The molecule has 0 saturated carbocycles. The van der Waals surface area contributed by atoms with E-state index >= 15 is 0 Å². The lowest BCUT2D eigenvalue weighted by Gasteiger charge is -2.23. The van der Waals surface area contributed by atoms with E-state index in [0.29, 0.717) is 5.02 Å². The molecule has 5 nitrogen and oxygen atoms in total. The van der Waals surface area contributed by atoms with Gasteiger partial charge in [-0.3, -0.25) is 4.79 Å². The summed E-state index contributed by atoms with van der Waals surface area (Å²) >= 11 is 18.2. The lowest BCUT2D eigenvalue weighted by atomic mass is 10.2. The summed E-state index contributed by atoms with van der Waals surface area (Å²) in [6.07, 6.45) is 0. The van der Waals surface area contributed by atoms with Crippen LogP contribution in [0, 0.1) is 11.6 Å². The molecule has 32 heavy (non-hydrogen) atoms. The molecule has 3 aromatic carbocycles. The summed E-state index contributed by atoms with van der Waals surface area (Å²) in [6, 6.07) is 12.5. The van der Waals surface area contributed by atoms with E-state index in [1.807, 2.05) is 0 Å². The Balaban J connectivity index is 1.95. The number of benzene rings is 3. The Labute approximate surface area is 198 Å². The molecular formula is C21H15Cl3F2N2O3S. The number of hydrogen-bond donors (Lipinski definition) is 1. The normalized spacial score (nSPS) is 11.6. The average Bonchev–Trinajstić information content (AvgIpc) is 2.73. The second-order valence-corrected chi connectivity index (χ2v) is 9.79. The molecule has 1 N–H and O–H groups in total. The van der Waals surface area contributed by atoms with Gasteiger partial charge in [0.25, 0.3) is 0 Å². The Kier molecular flexibility index (Phi) is 7.74. The lowest BCUT2D eigenvalue weighted by molar-refractivity contribution is -0.116. The van der Waals surface area contributed by atoms with Crippen LogP contribution in [0.2, 0.25) is 15.1 Å². The van der Waals surface area contributed by atoms with E-state index in [9.17, 15) is 22.0 Å². The highest BCUT2D eigenvalue weighted by molar-refractivity contribution is 7.89. The maximum Gasteiger partial charge on any atom is 0.243 e. The topological polar surface area (TPSA) is 66.5 Å². The molecule has 0 aromatic heterocycles. The third kappa shape index (κ3) is 5.76. The minimum Gasteiger partial charge on any atom is -0.322 e. The van der Waals surface area contributed by atoms with Crippen LogP contribution in [0.1, 0.15) is 5.56 Å². The number of carbonyl (C=O) groups excluding carboxylic acids is 1. The molecule has 168 valence electrons. The van der Waals surface area contributed by atoms with E-state index in [2.05, 4.69) is 5.32 Å². The fourth-order valence-corrected chi connectivity index (χ4v) is 4.79. The van der Waals surface area contributed by atoms with Crippen molar-refractivity contribution < 1.29 is 22.0 Å². The fraction of sp³-hybridized carbons (Fsp3) is 0.0952. The van der Waals surface area contributed by atoms with Gasteiger partial charge in [0, 0.05) is 33.2 Å². The molecule has 1 amide bonds. The Hall–Kier alpha value is -2.23. The van der Waals surface area contributed by atoms with Gasteiger partial charge in [-0.25, -0.2) is 17.2 Å². The highest BCUT2D eigenvalue weighted by atomic mass is 35.5. The van der Waals surface area contributed by atoms with E-state index in [4.69, 9.17) is 34.8 Å². The monoisotopic (exact) mass is 518 g/mol. The quantitative estimate of drug-likeness (QED) is 0.432. The van der Waals surface area contributed by atoms with Crippen molar-refractivity contribution in [2.75, 3.05) is 11.9 Å². The zero-order chi connectivity index (χ0) is 23.5. The van der Waals surface area contributed by atoms with Gasteiger partial charge in [-0.15, -0.1) is 0 Å². The van der Waals surface area contributed by atoms with Gasteiger partial charge in [-0.2, -0.15) is 4.31 Å². The van der Waals surface area contributed by atoms with Crippen molar-refractivity contribution in [1.29, 1.82) is 0 Å². The van der Waals surface area contributed by atoms with E-state index in [0.717, 1.165) is 22.5 Å². The number of amides is 1. The first-order valence-electron chi connectivity index (χ1n) is 9.01. The van der Waals surface area contributed by atoms with Crippen LogP contribution in [0.25, 0.3) is 0 Å². The van der Waals surface area contributed by atoms with E-state index < -0.39 is 39.8 Å². The fourth-order valence-electron chi connectivity index (χ4n) is 2.78. The number of carbonyl (C=O) groups is 1. The van der Waals surface area contributed by atoms with Gasteiger partial charge >= 0.3 is 0 Å². The summed E-state index contributed by atoms with van der Waals surface area (Å²) in [5, 5.41) is 2.90. The number of nitrogens with zero attached hydrogens (tertiary/aromatic N) is 1. The SMILES string of the molecule is O=C(CN(Cc1c(Cl)cccc1Cl)S(=O)(=O)c1ccc(Cl)cc1)Nc1cc(F)ccc1F. The summed E-state index contributed by atoms with van der Waals surface area (Å²) in [6.45, 7) is -1.06. The second kappa shape index (κ2) is 10.1. The van der Waals surface area contributed by atoms with Crippen molar-refractivity contribution in [3.63, 3.8) is 0 Å². The predicted octanol–water partition coefficient (Wildman–Crippen LogP) is 5.75. The van der Waals surface area contributed by atoms with E-state index in [1.54, 1.807) is 6.07 Å². The number of anilines is 1. The molecule has 0 bridgehead atoms. The van der Waals surface area contributed by atoms with Crippen molar-refractivity contribution in [3.8, 4) is 0 Å². The molecule has 3 rings (SSSR count). The minimum absolute atomic E-state index is 0.130. The molecule has 0 atom stereocenters. The van der Waals surface area contributed by atoms with Gasteiger partial charge in [0.1, 0.15) is 11.6 Å². The molecule has 0 aliphatic carbocycles. The standard InChI is InChI=1S/C21H15Cl3F2N2O3S/c22-13-4-7-15(8-5-13)32(30,31)28(11-16-17(23)2-1-3-18(16)24)12-21(29)27-20-10-14(25)6-9-19(20)26/h1-10H,11-12H2,(H,27,29). The van der Waals surface area contributed by atoms with E-state index in [1.165, 1.54) is 36.4 Å². The Morgan fingerprint density at radius 1 is 0.938 bits per heavy atom. The minimum atomic E-state index is -4.23. The van der Waals surface area contributed by atoms with Crippen LogP contribution in [0.4, 0.5) is 14.5 Å². The largest absolute Gasteiger partial charge is 0.322 e. The molecule has 3 aromatic rings. The van der Waals surface area contributed by atoms with Gasteiger partial charge < -0.3 is 5.32 Å². The van der Waals surface area contributed by atoms with E-state index in [-0.39, 0.29) is 27.0 Å². The molecule has 0 aliphatic heterocycles. The first-order valence-corrected chi connectivity index (χ1v) is 11.6. The molecule has 0 aliphatic rings. The van der Waals surface area contributed by atoms with Gasteiger partial charge in [-0.1, -0.05) is 40.9 Å². The number of hydrogen-bond acceptors (Lipinski definition) is 3. The van der Waals surface area contributed by atoms with Gasteiger partial charge in [0.15, 0.2) is 0 Å². The Bertz CT molecular complexity index is 1240. The Morgan fingerprint density at radius 2 is 1.56 bits per heavy atom. The van der Waals surface area contributed by atoms with Gasteiger partial charge in [-0.05, 0) is 48.5 Å². The second-order valence-electron chi connectivity index (χ2n) is 6.60. The van der Waals surface area contributed by atoms with Crippen molar-refractivity contribution in [2.45, 2.75) is 11.4 Å². The maximum atomic E-state index is 13.9. The third-order valence-corrected chi connectivity index (χ3v) is 7.14. The zero-order valence-electron chi connectivity index (χ0n) is 16.2. The van der Waals surface area contributed by atoms with Crippen LogP contribution in [-0.4, -0.2) is 25.2 Å². The van der Waals surface area contributed by atoms with Crippen LogP contribution >= 0.6 is 34.8 Å². The molecular weight excluding hydrogens is 505 g/mol. The Morgan fingerprint density at radius 3 is 2.19 bits per heavy atom. The van der Waals surface area contributed by atoms with Gasteiger partial charge in [0.2, 0.25) is 15.9 Å². The molecule has 0 radical (unpaired) electrons. The van der Waals surface area contributed by atoms with Gasteiger partial charge in [0.05, 0.1) is 17.1 Å². The summed E-state index contributed by atoms with van der Waals surface area (Å²) < 4.78 is 54.7. The maximum absolute atomic E-state index is 13.9. The smallest absolute Gasteiger partial charge is 0.243 e. The van der Waals surface area contributed by atoms with Crippen molar-refractivity contribution in [3.05, 3.63) is 92.9 Å². The molecule has 0 heterocycles. The molecule has 0 fully saturated rings. The number of sulfonamides is 1.